The molecule has 0 aliphatic carbocycles. The summed E-state index contributed by atoms with van der Waals surface area (Å²) >= 11 is 0. The third-order valence-corrected chi connectivity index (χ3v) is 4.81. The Morgan fingerprint density at radius 3 is 2.00 bits per heavy atom. The number of hydrogen-bond acceptors (Lipinski definition) is 1. The van der Waals surface area contributed by atoms with Crippen molar-refractivity contribution in [2.24, 2.45) is 11.8 Å². The Balaban J connectivity index is 2.12. The number of carbonyl (C=O) groups is 1. The molecule has 0 saturated heterocycles. The Bertz CT molecular complexity index is 669. The number of carboxylic acid groups (broad SMARTS) is 1. The van der Waals surface area contributed by atoms with Crippen molar-refractivity contribution in [2.45, 2.75) is 52.4 Å². The first kappa shape index (κ1) is 19.2. The summed E-state index contributed by atoms with van der Waals surface area (Å²) < 4.78 is 0. The minimum Gasteiger partial charge on any atom is -0.481 e. The van der Waals surface area contributed by atoms with E-state index in [1.54, 1.807) is 0 Å². The van der Waals surface area contributed by atoms with Gasteiger partial charge in [-0.25, -0.2) is 0 Å². The van der Waals surface area contributed by atoms with Crippen molar-refractivity contribution in [3.63, 3.8) is 0 Å². The zero-order valence-electron chi connectivity index (χ0n) is 15.8. The molecule has 0 amide bonds. The topological polar surface area (TPSA) is 37.3 Å². The average Bonchev–Trinajstić information content (AvgIpc) is 2.55. The SMILES string of the molecule is CC(C)Cc1ccc(C(C)(C)CC(Cc2ccccc2)C(=O)O)cc1. The molecule has 0 fully saturated rings. The lowest BCUT2D eigenvalue weighted by Gasteiger charge is -2.29. The highest BCUT2D eigenvalue weighted by molar-refractivity contribution is 5.70. The molecule has 0 saturated carbocycles. The van der Waals surface area contributed by atoms with E-state index in [0.29, 0.717) is 18.8 Å². The molecular formula is C23H30O2. The maximum Gasteiger partial charge on any atom is 0.306 e. The van der Waals surface area contributed by atoms with Gasteiger partial charge in [0.15, 0.2) is 0 Å². The highest BCUT2D eigenvalue weighted by Gasteiger charge is 2.29. The van der Waals surface area contributed by atoms with Crippen molar-refractivity contribution < 1.29 is 9.90 Å². The Hall–Kier alpha value is -2.09. The highest BCUT2D eigenvalue weighted by atomic mass is 16.4. The molecule has 134 valence electrons. The molecule has 0 heterocycles. The van der Waals surface area contributed by atoms with E-state index >= 15 is 0 Å². The molecule has 2 heteroatoms. The lowest BCUT2D eigenvalue weighted by molar-refractivity contribution is -0.142. The van der Waals surface area contributed by atoms with Crippen molar-refractivity contribution in [3.8, 4) is 0 Å². The first-order chi connectivity index (χ1) is 11.8. The molecular weight excluding hydrogens is 308 g/mol. The normalized spacial score (nSPS) is 13.0. The third-order valence-electron chi connectivity index (χ3n) is 4.81. The second-order valence-electron chi connectivity index (χ2n) is 8.11. The van der Waals surface area contributed by atoms with Crippen LogP contribution in [0.1, 0.15) is 50.8 Å². The van der Waals surface area contributed by atoms with Crippen LogP contribution in [0, 0.1) is 11.8 Å². The van der Waals surface area contributed by atoms with Gasteiger partial charge in [0, 0.05) is 0 Å². The van der Waals surface area contributed by atoms with Gasteiger partial charge in [0.25, 0.3) is 0 Å². The molecule has 2 aromatic carbocycles. The second kappa shape index (κ2) is 8.33. The minimum absolute atomic E-state index is 0.172. The molecule has 2 nitrogen and oxygen atoms in total. The van der Waals surface area contributed by atoms with Gasteiger partial charge in [-0.3, -0.25) is 4.79 Å². The van der Waals surface area contributed by atoms with Crippen LogP contribution in [0.15, 0.2) is 54.6 Å². The number of hydrogen-bond donors (Lipinski definition) is 1. The summed E-state index contributed by atoms with van der Waals surface area (Å²) in [7, 11) is 0. The standard InChI is InChI=1S/C23H30O2/c1-17(2)14-19-10-12-21(13-11-19)23(3,4)16-20(22(24)25)15-18-8-6-5-7-9-18/h5-13,17,20H,14-16H2,1-4H3,(H,24,25). The number of aliphatic carboxylic acids is 1. The Morgan fingerprint density at radius 2 is 1.48 bits per heavy atom. The van der Waals surface area contributed by atoms with E-state index in [-0.39, 0.29) is 11.3 Å². The van der Waals surface area contributed by atoms with Gasteiger partial charge < -0.3 is 5.11 Å². The Labute approximate surface area is 151 Å². The van der Waals surface area contributed by atoms with E-state index in [1.807, 2.05) is 30.3 Å². The quantitative estimate of drug-likeness (QED) is 0.690. The Kier molecular flexibility index (Phi) is 6.41. The van der Waals surface area contributed by atoms with Crippen LogP contribution in [0.2, 0.25) is 0 Å². The van der Waals surface area contributed by atoms with Gasteiger partial charge >= 0.3 is 5.97 Å². The van der Waals surface area contributed by atoms with Gasteiger partial charge in [-0.1, -0.05) is 82.3 Å². The number of carboxylic acids is 1. The fourth-order valence-electron chi connectivity index (χ4n) is 3.44. The fourth-order valence-corrected chi connectivity index (χ4v) is 3.44. The van der Waals surface area contributed by atoms with E-state index in [0.717, 1.165) is 12.0 Å². The summed E-state index contributed by atoms with van der Waals surface area (Å²) in [5.41, 5.74) is 3.46. The summed E-state index contributed by atoms with van der Waals surface area (Å²) in [6.07, 6.45) is 2.28. The molecule has 0 aliphatic heterocycles. The summed E-state index contributed by atoms with van der Waals surface area (Å²) in [4.78, 5) is 11.8. The van der Waals surface area contributed by atoms with E-state index in [2.05, 4.69) is 52.0 Å². The van der Waals surface area contributed by atoms with E-state index in [1.165, 1.54) is 11.1 Å². The largest absolute Gasteiger partial charge is 0.481 e. The van der Waals surface area contributed by atoms with Crippen LogP contribution in [0.4, 0.5) is 0 Å². The van der Waals surface area contributed by atoms with Gasteiger partial charge in [-0.15, -0.1) is 0 Å². The lowest BCUT2D eigenvalue weighted by atomic mass is 9.75. The smallest absolute Gasteiger partial charge is 0.306 e. The fraction of sp³-hybridized carbons (Fsp3) is 0.435. The molecule has 0 radical (unpaired) electrons. The maximum absolute atomic E-state index is 11.8. The highest BCUT2D eigenvalue weighted by Crippen LogP contribution is 2.32. The minimum atomic E-state index is -0.714. The maximum atomic E-state index is 11.8. The van der Waals surface area contributed by atoms with Crippen molar-refractivity contribution >= 4 is 5.97 Å². The van der Waals surface area contributed by atoms with E-state index in [4.69, 9.17) is 0 Å². The van der Waals surface area contributed by atoms with Crippen molar-refractivity contribution in [1.29, 1.82) is 0 Å². The van der Waals surface area contributed by atoms with Gasteiger partial charge in [-0.05, 0) is 47.3 Å². The molecule has 2 rings (SSSR count). The van der Waals surface area contributed by atoms with E-state index in [9.17, 15) is 9.90 Å². The second-order valence-corrected chi connectivity index (χ2v) is 8.11. The summed E-state index contributed by atoms with van der Waals surface area (Å²) in [5.74, 6) is -0.456. The molecule has 2 aromatic rings. The molecule has 25 heavy (non-hydrogen) atoms. The van der Waals surface area contributed by atoms with Gasteiger partial charge in [0.1, 0.15) is 0 Å². The van der Waals surface area contributed by atoms with Crippen molar-refractivity contribution in [3.05, 3.63) is 71.3 Å². The van der Waals surface area contributed by atoms with Crippen molar-refractivity contribution in [1.82, 2.24) is 0 Å². The summed E-state index contributed by atoms with van der Waals surface area (Å²) in [5, 5.41) is 9.69. The van der Waals surface area contributed by atoms with Gasteiger partial charge in [-0.2, -0.15) is 0 Å². The molecule has 0 bridgehead atoms. The van der Waals surface area contributed by atoms with Crippen LogP contribution in [-0.2, 0) is 23.1 Å². The Morgan fingerprint density at radius 1 is 0.920 bits per heavy atom. The summed E-state index contributed by atoms with van der Waals surface area (Å²) in [6.45, 7) is 8.73. The first-order valence-corrected chi connectivity index (χ1v) is 9.14. The number of benzene rings is 2. The van der Waals surface area contributed by atoms with E-state index < -0.39 is 5.97 Å². The van der Waals surface area contributed by atoms with Crippen LogP contribution in [-0.4, -0.2) is 11.1 Å². The van der Waals surface area contributed by atoms with Crippen LogP contribution in [0.25, 0.3) is 0 Å². The zero-order valence-corrected chi connectivity index (χ0v) is 15.8. The average molecular weight is 338 g/mol. The molecule has 0 aliphatic rings. The molecule has 1 unspecified atom stereocenters. The van der Waals surface area contributed by atoms with Crippen LogP contribution in [0.5, 0.6) is 0 Å². The zero-order chi connectivity index (χ0) is 18.4. The first-order valence-electron chi connectivity index (χ1n) is 9.14. The molecule has 1 N–H and O–H groups in total. The van der Waals surface area contributed by atoms with Crippen LogP contribution < -0.4 is 0 Å². The van der Waals surface area contributed by atoms with Crippen molar-refractivity contribution in [2.75, 3.05) is 0 Å². The van der Waals surface area contributed by atoms with Gasteiger partial charge in [0.2, 0.25) is 0 Å². The van der Waals surface area contributed by atoms with Gasteiger partial charge in [0.05, 0.1) is 5.92 Å². The third kappa shape index (κ3) is 5.74. The van der Waals surface area contributed by atoms with Crippen LogP contribution in [0.3, 0.4) is 0 Å². The number of rotatable bonds is 8. The predicted molar refractivity (Wildman–Crippen MR) is 104 cm³/mol. The summed E-state index contributed by atoms with van der Waals surface area (Å²) in [6, 6.07) is 18.6. The predicted octanol–water partition coefficient (Wildman–Crippen LogP) is 5.50. The molecule has 0 spiro atoms. The monoisotopic (exact) mass is 338 g/mol. The lowest BCUT2D eigenvalue weighted by Crippen LogP contribution is -2.27. The molecule has 0 aromatic heterocycles. The van der Waals surface area contributed by atoms with Crippen LogP contribution >= 0.6 is 0 Å². The molecule has 1 atom stereocenters.